The highest BCUT2D eigenvalue weighted by Gasteiger charge is 2.43. The lowest BCUT2D eigenvalue weighted by Crippen LogP contribution is -2.40. The molecular weight excluding hydrogens is 380 g/mol. The maximum absolute atomic E-state index is 6.59. The van der Waals surface area contributed by atoms with Crippen LogP contribution in [0.2, 0.25) is 5.15 Å². The van der Waals surface area contributed by atoms with Crippen LogP contribution in [0.25, 0.3) is 0 Å². The molecule has 5 heteroatoms. The van der Waals surface area contributed by atoms with E-state index in [1.807, 2.05) is 11.6 Å². The Bertz CT molecular complexity index is 997. The molecule has 0 radical (unpaired) electrons. The van der Waals surface area contributed by atoms with E-state index in [4.69, 9.17) is 16.6 Å². The number of hydrogen-bond acceptors (Lipinski definition) is 3. The van der Waals surface area contributed by atoms with E-state index < -0.39 is 0 Å². The molecule has 29 heavy (non-hydrogen) atoms. The van der Waals surface area contributed by atoms with Crippen molar-refractivity contribution in [2.45, 2.75) is 63.7 Å². The second-order valence-corrected chi connectivity index (χ2v) is 9.78. The quantitative estimate of drug-likeness (QED) is 0.529. The van der Waals surface area contributed by atoms with Crippen LogP contribution in [0.15, 0.2) is 42.7 Å². The van der Waals surface area contributed by atoms with Crippen molar-refractivity contribution in [3.05, 3.63) is 76.1 Å². The van der Waals surface area contributed by atoms with E-state index in [2.05, 4.69) is 67.4 Å². The molecular formula is C24H29ClN4. The van der Waals surface area contributed by atoms with Crippen LogP contribution in [0, 0.1) is 0 Å². The van der Waals surface area contributed by atoms with E-state index in [0.29, 0.717) is 5.15 Å². The molecule has 3 aromatic rings. The average Bonchev–Trinajstić information content (AvgIpc) is 3.02. The van der Waals surface area contributed by atoms with E-state index in [-0.39, 0.29) is 10.8 Å². The third kappa shape index (κ3) is 3.95. The van der Waals surface area contributed by atoms with Crippen LogP contribution in [0.4, 0.5) is 0 Å². The van der Waals surface area contributed by atoms with Gasteiger partial charge in [-0.15, -0.1) is 10.2 Å². The van der Waals surface area contributed by atoms with Gasteiger partial charge in [0.25, 0.3) is 0 Å². The van der Waals surface area contributed by atoms with Crippen molar-refractivity contribution in [2.75, 3.05) is 0 Å². The molecule has 0 spiro atoms. The third-order valence-electron chi connectivity index (χ3n) is 6.21. The second-order valence-electron chi connectivity index (χ2n) is 9.40. The summed E-state index contributed by atoms with van der Waals surface area (Å²) in [5.41, 5.74) is 5.07. The summed E-state index contributed by atoms with van der Waals surface area (Å²) in [5, 5.41) is 9.06. The fourth-order valence-electron chi connectivity index (χ4n) is 4.65. The smallest absolute Gasteiger partial charge is 0.133 e. The van der Waals surface area contributed by atoms with Crippen LogP contribution in [-0.2, 0) is 30.7 Å². The zero-order chi connectivity index (χ0) is 20.6. The van der Waals surface area contributed by atoms with Crippen molar-refractivity contribution in [1.29, 1.82) is 0 Å². The number of halogens is 1. The summed E-state index contributed by atoms with van der Waals surface area (Å²) in [4.78, 5) is 4.81. The second kappa shape index (κ2) is 7.56. The van der Waals surface area contributed by atoms with E-state index in [9.17, 15) is 0 Å². The molecule has 0 N–H and O–H groups in total. The minimum Gasteiger partial charge on any atom is -0.321 e. The Kier molecular flexibility index (Phi) is 5.24. The number of rotatable bonds is 5. The van der Waals surface area contributed by atoms with E-state index >= 15 is 0 Å². The fourth-order valence-corrected chi connectivity index (χ4v) is 4.86. The van der Waals surface area contributed by atoms with Crippen LogP contribution >= 0.6 is 11.6 Å². The summed E-state index contributed by atoms with van der Waals surface area (Å²) in [5.74, 6) is 1.03. The minimum atomic E-state index is -0.0283. The van der Waals surface area contributed by atoms with Gasteiger partial charge in [-0.1, -0.05) is 69.1 Å². The van der Waals surface area contributed by atoms with Crippen LogP contribution in [0.5, 0.6) is 0 Å². The third-order valence-corrected chi connectivity index (χ3v) is 6.40. The lowest BCUT2D eigenvalue weighted by atomic mass is 9.59. The monoisotopic (exact) mass is 408 g/mol. The fraction of sp³-hybridized carbons (Fsp3) is 0.458. The highest BCUT2D eigenvalue weighted by Crippen LogP contribution is 2.50. The zero-order valence-corrected chi connectivity index (χ0v) is 18.5. The predicted molar refractivity (Wildman–Crippen MR) is 117 cm³/mol. The molecule has 1 aliphatic rings. The minimum absolute atomic E-state index is 0.0283. The Morgan fingerprint density at radius 3 is 2.41 bits per heavy atom. The summed E-state index contributed by atoms with van der Waals surface area (Å²) in [6, 6.07) is 12.7. The molecule has 0 unspecified atom stereocenters. The van der Waals surface area contributed by atoms with Gasteiger partial charge in [0.15, 0.2) is 0 Å². The van der Waals surface area contributed by atoms with Gasteiger partial charge in [-0.05, 0) is 41.0 Å². The topological polar surface area (TPSA) is 43.6 Å². The molecule has 0 aliphatic heterocycles. The predicted octanol–water partition coefficient (Wildman–Crippen LogP) is 5.42. The summed E-state index contributed by atoms with van der Waals surface area (Å²) < 4.78 is 2.03. The molecule has 1 aromatic carbocycles. The normalized spacial score (nSPS) is 15.9. The van der Waals surface area contributed by atoms with Crippen LogP contribution < -0.4 is 0 Å². The molecule has 4 nitrogen and oxygen atoms in total. The van der Waals surface area contributed by atoms with Gasteiger partial charge in [0.2, 0.25) is 0 Å². The first-order valence-electron chi connectivity index (χ1n) is 10.4. The maximum Gasteiger partial charge on any atom is 0.133 e. The molecule has 0 atom stereocenters. The number of nitrogens with zero attached hydrogens (tertiary/aromatic N) is 4. The van der Waals surface area contributed by atoms with Gasteiger partial charge in [-0.3, -0.25) is 0 Å². The van der Waals surface area contributed by atoms with Crippen molar-refractivity contribution in [3.8, 4) is 0 Å². The van der Waals surface area contributed by atoms with Gasteiger partial charge in [0, 0.05) is 25.3 Å². The van der Waals surface area contributed by atoms with E-state index in [1.54, 1.807) is 6.33 Å². The van der Waals surface area contributed by atoms with Crippen molar-refractivity contribution < 1.29 is 0 Å². The molecule has 1 fully saturated rings. The summed E-state index contributed by atoms with van der Waals surface area (Å²) in [6.07, 6.45) is 6.99. The van der Waals surface area contributed by atoms with E-state index in [0.717, 1.165) is 37.2 Å². The molecule has 2 aromatic heterocycles. The average molecular weight is 409 g/mol. The summed E-state index contributed by atoms with van der Waals surface area (Å²) in [6.45, 7) is 6.85. The molecule has 0 bridgehead atoms. The van der Waals surface area contributed by atoms with Crippen LogP contribution in [0.3, 0.4) is 0 Å². The summed E-state index contributed by atoms with van der Waals surface area (Å²) >= 11 is 6.59. The highest BCUT2D eigenvalue weighted by molar-refractivity contribution is 6.29. The first-order chi connectivity index (χ1) is 13.8. The molecule has 152 valence electrons. The maximum atomic E-state index is 6.59. The van der Waals surface area contributed by atoms with Crippen LogP contribution in [-0.4, -0.2) is 19.7 Å². The standard InChI is InChI=1S/C24H29ClN4/c1-23(2,3)22-18(24(11-8-12-24)15-21-28-26-16-29(21)4)14-20(25)27-19(22)13-17-9-6-5-7-10-17/h5-7,9-10,14,16H,8,11-13,15H2,1-4H3. The Morgan fingerprint density at radius 1 is 1.14 bits per heavy atom. The van der Waals surface area contributed by atoms with Crippen molar-refractivity contribution in [2.24, 2.45) is 7.05 Å². The first kappa shape index (κ1) is 20.1. The van der Waals surface area contributed by atoms with Gasteiger partial charge in [-0.2, -0.15) is 0 Å². The number of hydrogen-bond donors (Lipinski definition) is 0. The Labute approximate surface area is 178 Å². The SMILES string of the molecule is Cn1cnnc1CC1(c2cc(Cl)nc(Cc3ccccc3)c2C(C)(C)C)CCC1. The van der Waals surface area contributed by atoms with Crippen molar-refractivity contribution in [3.63, 3.8) is 0 Å². The molecule has 1 aliphatic carbocycles. The lowest BCUT2D eigenvalue weighted by Gasteiger charge is -2.45. The Hall–Kier alpha value is -2.20. The van der Waals surface area contributed by atoms with Gasteiger partial charge in [0.05, 0.1) is 5.69 Å². The van der Waals surface area contributed by atoms with E-state index in [1.165, 1.54) is 23.1 Å². The zero-order valence-electron chi connectivity index (χ0n) is 17.7. The molecule has 0 saturated heterocycles. The molecule has 1 saturated carbocycles. The molecule has 4 rings (SSSR count). The van der Waals surface area contributed by atoms with Crippen molar-refractivity contribution >= 4 is 11.6 Å². The molecule has 0 amide bonds. The number of pyridine rings is 1. The Morgan fingerprint density at radius 2 is 1.86 bits per heavy atom. The largest absolute Gasteiger partial charge is 0.321 e. The number of aromatic nitrogens is 4. The Balaban J connectivity index is 1.85. The summed E-state index contributed by atoms with van der Waals surface area (Å²) in [7, 11) is 2.02. The van der Waals surface area contributed by atoms with Gasteiger partial charge >= 0.3 is 0 Å². The number of benzene rings is 1. The van der Waals surface area contributed by atoms with Crippen LogP contribution in [0.1, 0.15) is 68.2 Å². The lowest BCUT2D eigenvalue weighted by molar-refractivity contribution is 0.231. The van der Waals surface area contributed by atoms with Gasteiger partial charge < -0.3 is 4.57 Å². The first-order valence-corrected chi connectivity index (χ1v) is 10.7. The number of aryl methyl sites for hydroxylation is 1. The highest BCUT2D eigenvalue weighted by atomic mass is 35.5. The van der Waals surface area contributed by atoms with Gasteiger partial charge in [-0.25, -0.2) is 4.98 Å². The molecule has 2 heterocycles. The van der Waals surface area contributed by atoms with Crippen molar-refractivity contribution in [1.82, 2.24) is 19.7 Å². The van der Waals surface area contributed by atoms with Gasteiger partial charge in [0.1, 0.15) is 17.3 Å².